The fourth-order valence-electron chi connectivity index (χ4n) is 1.66. The van der Waals surface area contributed by atoms with Gasteiger partial charge in [-0.25, -0.2) is 0 Å². The normalized spacial score (nSPS) is 11.3. The van der Waals surface area contributed by atoms with Gasteiger partial charge in [0.05, 0.1) is 24.5 Å². The predicted octanol–water partition coefficient (Wildman–Crippen LogP) is 2.31. The van der Waals surface area contributed by atoms with Gasteiger partial charge in [0.1, 0.15) is 0 Å². The Bertz CT molecular complexity index is 498. The Balaban J connectivity index is 3.33. The first-order valence-electron chi connectivity index (χ1n) is 6.18. The first-order chi connectivity index (χ1) is 9.82. The van der Waals surface area contributed by atoms with Crippen LogP contribution in [0.4, 0.5) is 13.2 Å². The highest BCUT2D eigenvalue weighted by Gasteiger charge is 2.42. The molecule has 0 aliphatic heterocycles. The zero-order valence-corrected chi connectivity index (χ0v) is 11.4. The third kappa shape index (κ3) is 4.17. The first kappa shape index (κ1) is 16.9. The molecule has 0 fully saturated rings. The van der Waals surface area contributed by atoms with Gasteiger partial charge in [0.25, 0.3) is 0 Å². The van der Waals surface area contributed by atoms with E-state index in [0.717, 1.165) is 18.3 Å². The first-order valence-corrected chi connectivity index (χ1v) is 6.18. The van der Waals surface area contributed by atoms with E-state index in [4.69, 9.17) is 0 Å². The highest BCUT2D eigenvalue weighted by Crippen LogP contribution is 2.34. The van der Waals surface area contributed by atoms with Crippen LogP contribution in [0.3, 0.4) is 0 Å². The highest BCUT2D eigenvalue weighted by molar-refractivity contribution is 6.00. The Labute approximate surface area is 119 Å². The lowest BCUT2D eigenvalue weighted by atomic mass is 9.99. The molecule has 21 heavy (non-hydrogen) atoms. The van der Waals surface area contributed by atoms with Crippen molar-refractivity contribution in [1.82, 2.24) is 4.98 Å². The van der Waals surface area contributed by atoms with E-state index in [1.807, 2.05) is 0 Å². The van der Waals surface area contributed by atoms with Crippen molar-refractivity contribution in [2.75, 3.05) is 13.2 Å². The molecule has 0 aliphatic rings. The number of aromatic nitrogens is 1. The van der Waals surface area contributed by atoms with Crippen molar-refractivity contribution >= 4 is 11.9 Å². The Kier molecular flexibility index (Phi) is 5.69. The van der Waals surface area contributed by atoms with E-state index in [1.165, 1.54) is 13.8 Å². The largest absolute Gasteiger partial charge is 0.465 e. The number of alkyl halides is 3. The topological polar surface area (TPSA) is 65.5 Å². The van der Waals surface area contributed by atoms with Gasteiger partial charge in [0, 0.05) is 6.20 Å². The summed E-state index contributed by atoms with van der Waals surface area (Å²) in [5.74, 6) is -4.11. The number of ether oxygens (including phenoxy) is 2. The second-order valence-electron chi connectivity index (χ2n) is 3.87. The predicted molar refractivity (Wildman–Crippen MR) is 65.2 cm³/mol. The van der Waals surface area contributed by atoms with Crippen LogP contribution in [-0.4, -0.2) is 30.1 Å². The Hall–Kier alpha value is -2.12. The Morgan fingerprint density at radius 2 is 1.71 bits per heavy atom. The number of nitrogens with zero attached hydrogens (tertiary/aromatic N) is 1. The molecule has 8 heteroatoms. The average Bonchev–Trinajstić information content (AvgIpc) is 2.39. The highest BCUT2D eigenvalue weighted by atomic mass is 19.4. The van der Waals surface area contributed by atoms with E-state index in [9.17, 15) is 22.8 Å². The van der Waals surface area contributed by atoms with Gasteiger partial charge in [-0.3, -0.25) is 14.6 Å². The summed E-state index contributed by atoms with van der Waals surface area (Å²) in [5.41, 5.74) is -1.89. The SMILES string of the molecule is CCOC(=O)C(C(=O)OCC)c1ncccc1C(F)(F)F. The maximum atomic E-state index is 13.0. The van der Waals surface area contributed by atoms with Crippen LogP contribution in [0.2, 0.25) is 0 Å². The molecule has 0 aliphatic carbocycles. The van der Waals surface area contributed by atoms with E-state index in [2.05, 4.69) is 14.5 Å². The molecule has 0 unspecified atom stereocenters. The number of halogens is 3. The standard InChI is InChI=1S/C13H14F3NO4/c1-3-20-11(18)9(12(19)21-4-2)10-8(13(14,15)16)6-5-7-17-10/h5-7,9H,3-4H2,1-2H3. The molecule has 0 amide bonds. The molecule has 5 nitrogen and oxygen atoms in total. The van der Waals surface area contributed by atoms with Crippen LogP contribution in [0.15, 0.2) is 18.3 Å². The lowest BCUT2D eigenvalue weighted by molar-refractivity contribution is -0.157. The molecule has 0 saturated carbocycles. The van der Waals surface area contributed by atoms with E-state index >= 15 is 0 Å². The minimum absolute atomic E-state index is 0.0804. The van der Waals surface area contributed by atoms with Crippen LogP contribution >= 0.6 is 0 Å². The molecule has 0 radical (unpaired) electrons. The second kappa shape index (κ2) is 7.05. The second-order valence-corrected chi connectivity index (χ2v) is 3.87. The lowest BCUT2D eigenvalue weighted by Gasteiger charge is -2.18. The molecule has 1 heterocycles. The summed E-state index contributed by atoms with van der Waals surface area (Å²) >= 11 is 0. The summed E-state index contributed by atoms with van der Waals surface area (Å²) in [5, 5.41) is 0. The molecule has 1 rings (SSSR count). The molecule has 0 atom stereocenters. The summed E-state index contributed by atoms with van der Waals surface area (Å²) in [6.07, 6.45) is -3.68. The molecule has 116 valence electrons. The van der Waals surface area contributed by atoms with Gasteiger partial charge in [-0.1, -0.05) is 0 Å². The summed E-state index contributed by atoms with van der Waals surface area (Å²) in [7, 11) is 0. The van der Waals surface area contributed by atoms with Crippen molar-refractivity contribution in [3.05, 3.63) is 29.6 Å². The van der Waals surface area contributed by atoms with E-state index in [-0.39, 0.29) is 13.2 Å². The van der Waals surface area contributed by atoms with Gasteiger partial charge >= 0.3 is 18.1 Å². The summed E-state index contributed by atoms with van der Waals surface area (Å²) in [4.78, 5) is 27.1. The maximum absolute atomic E-state index is 13.0. The Morgan fingerprint density at radius 1 is 1.19 bits per heavy atom. The minimum atomic E-state index is -4.75. The average molecular weight is 305 g/mol. The summed E-state index contributed by atoms with van der Waals surface area (Å²) < 4.78 is 48.2. The third-order valence-corrected chi connectivity index (χ3v) is 2.46. The molecular weight excluding hydrogens is 291 g/mol. The third-order valence-electron chi connectivity index (χ3n) is 2.46. The van der Waals surface area contributed by atoms with Crippen molar-refractivity contribution < 1.29 is 32.2 Å². The number of carbonyl (C=O) groups excluding carboxylic acids is 2. The van der Waals surface area contributed by atoms with Crippen molar-refractivity contribution in [3.63, 3.8) is 0 Å². The monoisotopic (exact) mass is 305 g/mol. The fourth-order valence-corrected chi connectivity index (χ4v) is 1.66. The summed E-state index contributed by atoms with van der Waals surface area (Å²) in [6, 6.07) is 1.81. The fraction of sp³-hybridized carbons (Fsp3) is 0.462. The maximum Gasteiger partial charge on any atom is 0.418 e. The van der Waals surface area contributed by atoms with Gasteiger partial charge in [-0.05, 0) is 26.0 Å². The van der Waals surface area contributed by atoms with Crippen molar-refractivity contribution in [2.24, 2.45) is 0 Å². The van der Waals surface area contributed by atoms with Crippen LogP contribution in [0, 0.1) is 0 Å². The van der Waals surface area contributed by atoms with Gasteiger partial charge < -0.3 is 9.47 Å². The van der Waals surface area contributed by atoms with Crippen LogP contribution < -0.4 is 0 Å². The summed E-state index contributed by atoms with van der Waals surface area (Å²) in [6.45, 7) is 2.79. The molecule has 0 spiro atoms. The van der Waals surface area contributed by atoms with Crippen LogP contribution in [0.5, 0.6) is 0 Å². The number of hydrogen-bond donors (Lipinski definition) is 0. The zero-order valence-electron chi connectivity index (χ0n) is 11.4. The van der Waals surface area contributed by atoms with Gasteiger partial charge in [0.2, 0.25) is 0 Å². The number of esters is 2. The van der Waals surface area contributed by atoms with E-state index in [1.54, 1.807) is 0 Å². The van der Waals surface area contributed by atoms with Crippen molar-refractivity contribution in [3.8, 4) is 0 Å². The van der Waals surface area contributed by atoms with Gasteiger partial charge in [0.15, 0.2) is 5.92 Å². The van der Waals surface area contributed by atoms with Crippen molar-refractivity contribution in [1.29, 1.82) is 0 Å². The Morgan fingerprint density at radius 3 is 2.14 bits per heavy atom. The van der Waals surface area contributed by atoms with Crippen molar-refractivity contribution in [2.45, 2.75) is 25.9 Å². The molecular formula is C13H14F3NO4. The zero-order chi connectivity index (χ0) is 16.0. The molecule has 1 aromatic heterocycles. The van der Waals surface area contributed by atoms with Crippen LogP contribution in [0.25, 0.3) is 0 Å². The number of pyridine rings is 1. The van der Waals surface area contributed by atoms with E-state index in [0.29, 0.717) is 0 Å². The van der Waals surface area contributed by atoms with Crippen LogP contribution in [-0.2, 0) is 25.2 Å². The molecule has 1 aromatic rings. The molecule has 0 saturated heterocycles. The van der Waals surface area contributed by atoms with Crippen LogP contribution in [0.1, 0.15) is 31.0 Å². The number of hydrogen-bond acceptors (Lipinski definition) is 5. The molecule has 0 aromatic carbocycles. The smallest absolute Gasteiger partial charge is 0.418 e. The minimum Gasteiger partial charge on any atom is -0.465 e. The molecule has 0 bridgehead atoms. The molecule has 0 N–H and O–H groups in total. The van der Waals surface area contributed by atoms with Gasteiger partial charge in [-0.15, -0.1) is 0 Å². The van der Waals surface area contributed by atoms with Gasteiger partial charge in [-0.2, -0.15) is 13.2 Å². The van der Waals surface area contributed by atoms with E-state index < -0.39 is 35.3 Å². The quantitative estimate of drug-likeness (QED) is 0.617. The number of rotatable bonds is 5. The number of carbonyl (C=O) groups is 2. The lowest BCUT2D eigenvalue weighted by Crippen LogP contribution is -2.29.